The van der Waals surface area contributed by atoms with E-state index in [4.69, 9.17) is 9.47 Å². The molecule has 1 aliphatic rings. The van der Waals surface area contributed by atoms with Crippen LogP contribution in [0.3, 0.4) is 0 Å². The first-order valence-corrected chi connectivity index (χ1v) is 18.9. The van der Waals surface area contributed by atoms with Crippen LogP contribution in [0.5, 0.6) is 0 Å². The molecule has 1 N–H and O–H groups in total. The average molecular weight is 1190 g/mol. The van der Waals surface area contributed by atoms with Crippen molar-refractivity contribution in [2.45, 2.75) is 12.5 Å². The van der Waals surface area contributed by atoms with Crippen LogP contribution < -0.4 is 4.90 Å². The first kappa shape index (κ1) is 32.2. The van der Waals surface area contributed by atoms with E-state index >= 15 is 0 Å². The quantitative estimate of drug-likeness (QED) is 0.240. The fraction of sp³-hybridized carbons (Fsp3) is 0.364. The van der Waals surface area contributed by atoms with Crippen LogP contribution >= 0.6 is 136 Å². The van der Waals surface area contributed by atoms with Crippen LogP contribution in [0.1, 0.15) is 27.1 Å². The number of sulfone groups is 1. The summed E-state index contributed by atoms with van der Waals surface area (Å²) in [7, 11) is -2.97. The normalized spacial score (nSPS) is 16.4. The van der Waals surface area contributed by atoms with E-state index in [2.05, 4.69) is 136 Å². The standard InChI is InChI=1S/C22H19I6NO6S/c23-12-9-14(19(27)17(26)10-12)21(30)35-13(3-4-29-5-7-36(32,33)8-6-29)11-34-22(31)18-15(24)1-2-16(25)20(18)28/h1-2,9-10,13H,3-8,11H2/p+1. The smallest absolute Gasteiger partial charge is 0.340 e. The molecule has 0 saturated carbocycles. The lowest BCUT2D eigenvalue weighted by atomic mass is 10.2. The summed E-state index contributed by atoms with van der Waals surface area (Å²) in [5, 5.41) is 0. The summed E-state index contributed by atoms with van der Waals surface area (Å²) >= 11 is 12.9. The lowest BCUT2D eigenvalue weighted by Gasteiger charge is -2.26. The van der Waals surface area contributed by atoms with Gasteiger partial charge in [-0.25, -0.2) is 18.0 Å². The van der Waals surface area contributed by atoms with Crippen molar-refractivity contribution in [2.24, 2.45) is 0 Å². The van der Waals surface area contributed by atoms with E-state index in [1.54, 1.807) is 6.07 Å². The Hall–Kier alpha value is 1.67. The molecule has 3 rings (SSSR count). The van der Waals surface area contributed by atoms with Gasteiger partial charge in [0.2, 0.25) is 0 Å². The third kappa shape index (κ3) is 9.09. The molecule has 7 nitrogen and oxygen atoms in total. The maximum Gasteiger partial charge on any atom is 0.340 e. The minimum absolute atomic E-state index is 0.0780. The molecule has 1 unspecified atom stereocenters. The van der Waals surface area contributed by atoms with Gasteiger partial charge in [-0.1, -0.05) is 0 Å². The summed E-state index contributed by atoms with van der Waals surface area (Å²) in [4.78, 5) is 27.2. The highest BCUT2D eigenvalue weighted by molar-refractivity contribution is 14.1. The van der Waals surface area contributed by atoms with Crippen molar-refractivity contribution in [3.63, 3.8) is 0 Å². The third-order valence-electron chi connectivity index (χ3n) is 5.49. The van der Waals surface area contributed by atoms with Crippen molar-refractivity contribution in [3.05, 3.63) is 56.8 Å². The van der Waals surface area contributed by atoms with E-state index in [1.807, 2.05) is 18.2 Å². The molecule has 14 heteroatoms. The van der Waals surface area contributed by atoms with Gasteiger partial charge in [0, 0.05) is 27.8 Å². The Balaban J connectivity index is 1.74. The molecule has 1 saturated heterocycles. The van der Waals surface area contributed by atoms with Crippen molar-refractivity contribution in [3.8, 4) is 0 Å². The summed E-state index contributed by atoms with van der Waals surface area (Å²) in [6.07, 6.45) is -0.205. The number of hydrogen-bond donors (Lipinski definition) is 1. The van der Waals surface area contributed by atoms with Gasteiger partial charge in [0.1, 0.15) is 12.7 Å². The minimum Gasteiger partial charge on any atom is -0.458 e. The van der Waals surface area contributed by atoms with E-state index in [-0.39, 0.29) is 18.1 Å². The second-order valence-electron chi connectivity index (χ2n) is 8.03. The molecule has 1 aliphatic heterocycles. The first-order chi connectivity index (χ1) is 16.9. The molecule has 2 aromatic rings. The number of ether oxygens (including phenoxy) is 2. The van der Waals surface area contributed by atoms with Gasteiger partial charge in [-0.15, -0.1) is 0 Å². The minimum atomic E-state index is -2.97. The highest BCUT2D eigenvalue weighted by Gasteiger charge is 2.28. The molecule has 0 radical (unpaired) electrons. The Morgan fingerprint density at radius 3 is 2.19 bits per heavy atom. The highest BCUT2D eigenvalue weighted by atomic mass is 127. The average Bonchev–Trinajstić information content (AvgIpc) is 2.81. The van der Waals surface area contributed by atoms with Crippen LogP contribution in [0.2, 0.25) is 0 Å². The third-order valence-corrected chi connectivity index (χ3v) is 14.8. The number of halogens is 6. The van der Waals surface area contributed by atoms with E-state index in [0.29, 0.717) is 37.2 Å². The van der Waals surface area contributed by atoms with Crippen LogP contribution in [0.15, 0.2) is 24.3 Å². The summed E-state index contributed by atoms with van der Waals surface area (Å²) in [6, 6.07) is 7.58. The summed E-state index contributed by atoms with van der Waals surface area (Å²) in [5.41, 5.74) is 0.975. The number of carbonyl (C=O) groups is 2. The van der Waals surface area contributed by atoms with E-state index in [0.717, 1.165) is 26.3 Å². The maximum absolute atomic E-state index is 13.1. The molecule has 1 heterocycles. The number of esters is 2. The van der Waals surface area contributed by atoms with Gasteiger partial charge in [-0.3, -0.25) is 0 Å². The lowest BCUT2D eigenvalue weighted by molar-refractivity contribution is -0.897. The van der Waals surface area contributed by atoms with E-state index < -0.39 is 27.9 Å². The monoisotopic (exact) mass is 1190 g/mol. The molecular formula is C22H20I6NO6S+. The van der Waals surface area contributed by atoms with Gasteiger partial charge >= 0.3 is 11.9 Å². The number of nitrogens with one attached hydrogen (secondary N) is 1. The zero-order valence-corrected chi connectivity index (χ0v) is 32.2. The van der Waals surface area contributed by atoms with Crippen LogP contribution in [-0.2, 0) is 19.3 Å². The Morgan fingerprint density at radius 1 is 0.889 bits per heavy atom. The molecule has 0 spiro atoms. The molecule has 0 aromatic heterocycles. The predicted molar refractivity (Wildman–Crippen MR) is 188 cm³/mol. The molecule has 2 aromatic carbocycles. The van der Waals surface area contributed by atoms with Gasteiger partial charge < -0.3 is 14.4 Å². The maximum atomic E-state index is 13.1. The van der Waals surface area contributed by atoms with Gasteiger partial charge in [0.15, 0.2) is 9.84 Å². The summed E-state index contributed by atoms with van der Waals surface area (Å²) < 4.78 is 40.3. The molecule has 36 heavy (non-hydrogen) atoms. The SMILES string of the molecule is O=C(OC(CC[NH+]1CCS(=O)(=O)CC1)COC(=O)c1c(I)ccc(I)c1I)c1cc(I)cc(I)c1I. The van der Waals surface area contributed by atoms with Gasteiger partial charge in [-0.05, 0) is 160 Å². The molecular weight excluding hydrogens is 1170 g/mol. The summed E-state index contributed by atoms with van der Waals surface area (Å²) in [6.45, 7) is 1.58. The number of benzene rings is 2. The molecule has 0 aliphatic carbocycles. The second kappa shape index (κ2) is 14.5. The van der Waals surface area contributed by atoms with Crippen molar-refractivity contribution in [1.29, 1.82) is 0 Å². The van der Waals surface area contributed by atoms with Crippen molar-refractivity contribution < 1.29 is 32.4 Å². The highest BCUT2D eigenvalue weighted by Crippen LogP contribution is 2.26. The fourth-order valence-electron chi connectivity index (χ4n) is 3.49. The van der Waals surface area contributed by atoms with E-state index in [9.17, 15) is 18.0 Å². The largest absolute Gasteiger partial charge is 0.458 e. The topological polar surface area (TPSA) is 91.2 Å². The molecule has 0 amide bonds. The Labute approximate surface area is 292 Å². The molecule has 196 valence electrons. The molecule has 1 fully saturated rings. The first-order valence-electron chi connectivity index (χ1n) is 10.6. The van der Waals surface area contributed by atoms with Crippen molar-refractivity contribution >= 4 is 157 Å². The van der Waals surface area contributed by atoms with Gasteiger partial charge in [0.05, 0.1) is 42.3 Å². The Kier molecular flexibility index (Phi) is 13.0. The number of rotatable bonds is 8. The molecule has 0 bridgehead atoms. The zero-order chi connectivity index (χ0) is 26.6. The van der Waals surface area contributed by atoms with Gasteiger partial charge in [0.25, 0.3) is 0 Å². The lowest BCUT2D eigenvalue weighted by Crippen LogP contribution is -3.14. The van der Waals surface area contributed by atoms with E-state index in [1.165, 1.54) is 0 Å². The predicted octanol–water partition coefficient (Wildman–Crippen LogP) is 4.40. The van der Waals surface area contributed by atoms with Crippen molar-refractivity contribution in [1.82, 2.24) is 0 Å². The Morgan fingerprint density at radius 2 is 1.53 bits per heavy atom. The number of hydrogen-bond acceptors (Lipinski definition) is 6. The Bertz CT molecular complexity index is 1260. The van der Waals surface area contributed by atoms with Crippen LogP contribution in [-0.4, -0.2) is 64.2 Å². The fourth-order valence-corrected chi connectivity index (χ4v) is 9.60. The van der Waals surface area contributed by atoms with Crippen molar-refractivity contribution in [2.75, 3.05) is 37.7 Å². The van der Waals surface area contributed by atoms with Crippen LogP contribution in [0.4, 0.5) is 0 Å². The van der Waals surface area contributed by atoms with Crippen LogP contribution in [0, 0.1) is 21.4 Å². The number of carbonyl (C=O) groups excluding carboxylic acids is 2. The zero-order valence-electron chi connectivity index (χ0n) is 18.5. The summed E-state index contributed by atoms with van der Waals surface area (Å²) in [5.74, 6) is -0.612. The second-order valence-corrected chi connectivity index (χ2v) is 17.2. The van der Waals surface area contributed by atoms with Crippen LogP contribution in [0.25, 0.3) is 0 Å². The molecule has 1 atom stereocenters. The number of quaternary nitrogens is 1. The van der Waals surface area contributed by atoms with Gasteiger partial charge in [-0.2, -0.15) is 0 Å².